The maximum Gasteiger partial charge on any atom is 0.327 e. The third-order valence-corrected chi connectivity index (χ3v) is 3.38. The second kappa shape index (κ2) is 7.16. The molecule has 0 atom stereocenters. The third-order valence-electron chi connectivity index (χ3n) is 2.43. The molecular weight excluding hydrogens is 296 g/mol. The summed E-state index contributed by atoms with van der Waals surface area (Å²) in [5.41, 5.74) is 0. The van der Waals surface area contributed by atoms with E-state index in [1.54, 1.807) is 0 Å². The topological polar surface area (TPSA) is 109 Å². The Hall–Kier alpha value is -1.97. The lowest BCUT2D eigenvalue weighted by molar-refractivity contribution is -0.141. The monoisotopic (exact) mass is 312 g/mol. The maximum atomic E-state index is 11.2. The van der Waals surface area contributed by atoms with E-state index in [4.69, 9.17) is 4.52 Å². The second-order valence-electron chi connectivity index (χ2n) is 4.69. The van der Waals surface area contributed by atoms with Crippen LogP contribution in [-0.4, -0.2) is 43.4 Å². The van der Waals surface area contributed by atoms with Gasteiger partial charge in [-0.25, -0.2) is 4.68 Å². The summed E-state index contributed by atoms with van der Waals surface area (Å²) in [5.74, 6) is 1.70. The summed E-state index contributed by atoms with van der Waals surface area (Å²) in [4.78, 5) is 15.5. The van der Waals surface area contributed by atoms with E-state index >= 15 is 0 Å². The maximum absolute atomic E-state index is 11.2. The van der Waals surface area contributed by atoms with Crippen molar-refractivity contribution in [1.29, 1.82) is 0 Å². The number of tetrazole rings is 1. The Kier molecular flexibility index (Phi) is 5.26. The quantitative estimate of drug-likeness (QED) is 0.539. The van der Waals surface area contributed by atoms with Gasteiger partial charge in [-0.3, -0.25) is 4.79 Å². The van der Waals surface area contributed by atoms with Crippen molar-refractivity contribution >= 4 is 17.7 Å². The van der Waals surface area contributed by atoms with Gasteiger partial charge in [-0.05, 0) is 16.3 Å². The third kappa shape index (κ3) is 4.52. The molecule has 0 N–H and O–H groups in total. The minimum atomic E-state index is -0.414. The van der Waals surface area contributed by atoms with Crippen LogP contribution in [-0.2, 0) is 28.2 Å². The SMILES string of the molecule is COC(=O)Cn1nnnc1SCc1noc(CC(C)C)n1. The van der Waals surface area contributed by atoms with E-state index in [1.165, 1.54) is 23.6 Å². The van der Waals surface area contributed by atoms with Crippen molar-refractivity contribution in [3.8, 4) is 0 Å². The lowest BCUT2D eigenvalue weighted by Crippen LogP contribution is -2.13. The van der Waals surface area contributed by atoms with Gasteiger partial charge in [0.1, 0.15) is 6.54 Å². The summed E-state index contributed by atoms with van der Waals surface area (Å²) < 4.78 is 11.1. The molecule has 0 unspecified atom stereocenters. The van der Waals surface area contributed by atoms with Gasteiger partial charge in [-0.1, -0.05) is 30.8 Å². The van der Waals surface area contributed by atoms with Gasteiger partial charge in [0.25, 0.3) is 0 Å². The average Bonchev–Trinajstić information content (AvgIpc) is 3.05. The number of carbonyl (C=O) groups is 1. The number of esters is 1. The molecule has 0 aromatic carbocycles. The van der Waals surface area contributed by atoms with Crippen LogP contribution in [0.4, 0.5) is 0 Å². The standard InChI is InChI=1S/C11H16N6O3S/c1-7(2)4-9-12-8(14-20-9)6-21-11-13-15-16-17(11)5-10(18)19-3/h7H,4-6H2,1-3H3. The smallest absolute Gasteiger partial charge is 0.327 e. The molecule has 0 saturated heterocycles. The number of aromatic nitrogens is 6. The van der Waals surface area contributed by atoms with Gasteiger partial charge in [0.2, 0.25) is 11.0 Å². The first-order chi connectivity index (χ1) is 10.1. The number of methoxy groups -OCH3 is 1. The molecule has 9 nitrogen and oxygen atoms in total. The van der Waals surface area contributed by atoms with Crippen LogP contribution in [0.25, 0.3) is 0 Å². The largest absolute Gasteiger partial charge is 0.468 e. The zero-order valence-electron chi connectivity index (χ0n) is 12.0. The van der Waals surface area contributed by atoms with E-state index in [1.807, 2.05) is 0 Å². The lowest BCUT2D eigenvalue weighted by atomic mass is 10.1. The van der Waals surface area contributed by atoms with Crippen LogP contribution < -0.4 is 0 Å². The molecule has 2 heterocycles. The molecule has 0 fully saturated rings. The molecule has 0 bridgehead atoms. The fourth-order valence-corrected chi connectivity index (χ4v) is 2.22. The highest BCUT2D eigenvalue weighted by Crippen LogP contribution is 2.18. The summed E-state index contributed by atoms with van der Waals surface area (Å²) in [5, 5.41) is 15.5. The molecule has 21 heavy (non-hydrogen) atoms. The fourth-order valence-electron chi connectivity index (χ4n) is 1.50. The highest BCUT2D eigenvalue weighted by molar-refractivity contribution is 7.98. The van der Waals surface area contributed by atoms with Crippen molar-refractivity contribution in [3.63, 3.8) is 0 Å². The fraction of sp³-hybridized carbons (Fsp3) is 0.636. The molecule has 0 aliphatic carbocycles. The first-order valence-corrected chi connectivity index (χ1v) is 7.34. The Morgan fingerprint density at radius 3 is 3.00 bits per heavy atom. The lowest BCUT2D eigenvalue weighted by Gasteiger charge is -2.01. The van der Waals surface area contributed by atoms with Crippen molar-refractivity contribution in [2.75, 3.05) is 7.11 Å². The van der Waals surface area contributed by atoms with Crippen LogP contribution in [0.2, 0.25) is 0 Å². The average molecular weight is 312 g/mol. The van der Waals surface area contributed by atoms with Gasteiger partial charge in [-0.15, -0.1) is 5.10 Å². The summed E-state index contributed by atoms with van der Waals surface area (Å²) in [6.07, 6.45) is 0.748. The molecule has 0 aliphatic rings. The van der Waals surface area contributed by atoms with Gasteiger partial charge < -0.3 is 9.26 Å². The van der Waals surface area contributed by atoms with E-state index in [-0.39, 0.29) is 6.54 Å². The first-order valence-electron chi connectivity index (χ1n) is 6.35. The molecule has 10 heteroatoms. The predicted molar refractivity (Wildman–Crippen MR) is 72.2 cm³/mol. The summed E-state index contributed by atoms with van der Waals surface area (Å²) in [6, 6.07) is 0. The Morgan fingerprint density at radius 2 is 2.29 bits per heavy atom. The zero-order valence-corrected chi connectivity index (χ0v) is 12.8. The molecule has 0 radical (unpaired) electrons. The van der Waals surface area contributed by atoms with Crippen LogP contribution in [0.15, 0.2) is 9.68 Å². The van der Waals surface area contributed by atoms with E-state index in [2.05, 4.69) is 44.3 Å². The van der Waals surface area contributed by atoms with Crippen molar-refractivity contribution < 1.29 is 14.1 Å². The van der Waals surface area contributed by atoms with E-state index in [9.17, 15) is 4.79 Å². The number of hydrogen-bond donors (Lipinski definition) is 0. The normalized spacial score (nSPS) is 11.0. The number of nitrogens with zero attached hydrogens (tertiary/aromatic N) is 6. The van der Waals surface area contributed by atoms with Crippen LogP contribution in [0.3, 0.4) is 0 Å². The first kappa shape index (κ1) is 15.4. The van der Waals surface area contributed by atoms with Gasteiger partial charge in [0, 0.05) is 6.42 Å². The van der Waals surface area contributed by atoms with Crippen LogP contribution in [0, 0.1) is 5.92 Å². The number of hydrogen-bond acceptors (Lipinski definition) is 9. The summed E-state index contributed by atoms with van der Waals surface area (Å²) in [6.45, 7) is 4.13. The summed E-state index contributed by atoms with van der Waals surface area (Å²) >= 11 is 1.33. The van der Waals surface area contributed by atoms with E-state index in [0.717, 1.165) is 6.42 Å². The van der Waals surface area contributed by atoms with E-state index in [0.29, 0.717) is 28.5 Å². The predicted octanol–water partition coefficient (Wildman–Crippen LogP) is 0.720. The van der Waals surface area contributed by atoms with Crippen molar-refractivity contribution in [1.82, 2.24) is 30.3 Å². The summed E-state index contributed by atoms with van der Waals surface area (Å²) in [7, 11) is 1.31. The highest BCUT2D eigenvalue weighted by Gasteiger charge is 2.13. The Labute approximate surface area is 125 Å². The molecule has 114 valence electrons. The van der Waals surface area contributed by atoms with Gasteiger partial charge in [-0.2, -0.15) is 4.98 Å². The molecular formula is C11H16N6O3S. The minimum absolute atomic E-state index is 0.0311. The van der Waals surface area contributed by atoms with Gasteiger partial charge >= 0.3 is 5.97 Å². The van der Waals surface area contributed by atoms with Crippen molar-refractivity contribution in [2.24, 2.45) is 5.92 Å². The molecule has 0 spiro atoms. The Balaban J connectivity index is 1.92. The van der Waals surface area contributed by atoms with Gasteiger partial charge in [0.15, 0.2) is 5.82 Å². The molecule has 0 amide bonds. The van der Waals surface area contributed by atoms with Crippen LogP contribution >= 0.6 is 11.8 Å². The van der Waals surface area contributed by atoms with E-state index < -0.39 is 5.97 Å². The Morgan fingerprint density at radius 1 is 1.48 bits per heavy atom. The van der Waals surface area contributed by atoms with Gasteiger partial charge in [0.05, 0.1) is 12.9 Å². The number of ether oxygens (including phenoxy) is 1. The van der Waals surface area contributed by atoms with Crippen LogP contribution in [0.5, 0.6) is 0 Å². The number of rotatable bonds is 7. The second-order valence-corrected chi connectivity index (χ2v) is 5.63. The molecule has 2 rings (SSSR count). The van der Waals surface area contributed by atoms with Crippen molar-refractivity contribution in [2.45, 2.75) is 37.7 Å². The molecule has 0 saturated carbocycles. The minimum Gasteiger partial charge on any atom is -0.468 e. The number of carbonyl (C=O) groups excluding carboxylic acids is 1. The molecule has 0 aliphatic heterocycles. The van der Waals surface area contributed by atoms with Crippen LogP contribution in [0.1, 0.15) is 25.6 Å². The molecule has 2 aromatic rings. The van der Waals surface area contributed by atoms with Crippen molar-refractivity contribution in [3.05, 3.63) is 11.7 Å². The highest BCUT2D eigenvalue weighted by atomic mass is 32.2. The molecule has 2 aromatic heterocycles. The zero-order chi connectivity index (χ0) is 15.2. The Bertz CT molecular complexity index is 596. The number of thioether (sulfide) groups is 1.